The number of carbonyl (C=O) groups is 1. The number of benzene rings is 1. The van der Waals surface area contributed by atoms with E-state index in [-0.39, 0.29) is 11.9 Å². The van der Waals surface area contributed by atoms with Crippen LogP contribution < -0.4 is 16.0 Å². The van der Waals surface area contributed by atoms with E-state index >= 15 is 0 Å². The fourth-order valence-electron chi connectivity index (χ4n) is 1.44. The molecule has 1 unspecified atom stereocenters. The molecule has 17 heavy (non-hydrogen) atoms. The number of nitrogens with two attached hydrogens (primary N) is 1. The van der Waals surface area contributed by atoms with Gasteiger partial charge in [0.15, 0.2) is 0 Å². The first-order valence-corrected chi connectivity index (χ1v) is 5.39. The minimum atomic E-state index is -0.0919. The molecule has 0 saturated carbocycles. The van der Waals surface area contributed by atoms with Crippen LogP contribution in [0.1, 0.15) is 12.5 Å². The third kappa shape index (κ3) is 4.84. The van der Waals surface area contributed by atoms with Crippen molar-refractivity contribution in [2.45, 2.75) is 19.4 Å². The molecule has 1 atom stereocenters. The quantitative estimate of drug-likeness (QED) is 0.713. The fraction of sp³-hybridized carbons (Fsp3) is 0.417. The van der Waals surface area contributed by atoms with Crippen LogP contribution in [0.25, 0.3) is 0 Å². The summed E-state index contributed by atoms with van der Waals surface area (Å²) in [6.07, 6.45) is 0.332. The van der Waals surface area contributed by atoms with Crippen LogP contribution in [-0.2, 0) is 16.1 Å². The van der Waals surface area contributed by atoms with E-state index in [1.54, 1.807) is 7.11 Å². The van der Waals surface area contributed by atoms with Crippen molar-refractivity contribution in [2.24, 2.45) is 5.90 Å². The predicted octanol–water partition coefficient (Wildman–Crippen LogP) is 0.633. The van der Waals surface area contributed by atoms with Crippen LogP contribution >= 0.6 is 0 Å². The van der Waals surface area contributed by atoms with E-state index in [0.717, 1.165) is 11.3 Å². The van der Waals surface area contributed by atoms with Gasteiger partial charge in [-0.3, -0.25) is 4.79 Å². The van der Waals surface area contributed by atoms with Gasteiger partial charge in [-0.25, -0.2) is 5.90 Å². The van der Waals surface area contributed by atoms with E-state index in [1.807, 2.05) is 31.2 Å². The van der Waals surface area contributed by atoms with E-state index in [2.05, 4.69) is 10.2 Å². The number of ether oxygens (including phenoxy) is 1. The molecule has 0 aliphatic carbocycles. The molecule has 5 heteroatoms. The van der Waals surface area contributed by atoms with Crippen LogP contribution in [0, 0.1) is 0 Å². The first-order valence-electron chi connectivity index (χ1n) is 5.39. The van der Waals surface area contributed by atoms with Crippen LogP contribution in [0.3, 0.4) is 0 Å². The summed E-state index contributed by atoms with van der Waals surface area (Å²) in [5.74, 6) is 5.65. The van der Waals surface area contributed by atoms with Gasteiger partial charge in [0.1, 0.15) is 5.75 Å². The maximum atomic E-state index is 11.6. The average molecular weight is 238 g/mol. The second kappa shape index (κ2) is 6.88. The highest BCUT2D eigenvalue weighted by molar-refractivity contribution is 5.78. The molecule has 3 N–H and O–H groups in total. The third-order valence-electron chi connectivity index (χ3n) is 2.28. The molecule has 0 aromatic heterocycles. The highest BCUT2D eigenvalue weighted by Crippen LogP contribution is 2.11. The Kier molecular flexibility index (Phi) is 5.45. The molecular formula is C12H18N2O3. The van der Waals surface area contributed by atoms with Crippen molar-refractivity contribution >= 4 is 5.91 Å². The van der Waals surface area contributed by atoms with E-state index in [1.165, 1.54) is 0 Å². The lowest BCUT2D eigenvalue weighted by Crippen LogP contribution is -2.37. The van der Waals surface area contributed by atoms with Crippen LogP contribution in [0.2, 0.25) is 0 Å². The SMILES string of the molecule is COc1ccc(CC(=O)NC(C)CON)cc1. The van der Waals surface area contributed by atoms with E-state index in [0.29, 0.717) is 13.0 Å². The minimum Gasteiger partial charge on any atom is -0.497 e. The Hall–Kier alpha value is -1.59. The minimum absolute atomic E-state index is 0.0558. The van der Waals surface area contributed by atoms with Crippen LogP contribution in [-0.4, -0.2) is 25.7 Å². The third-order valence-corrected chi connectivity index (χ3v) is 2.28. The summed E-state index contributed by atoms with van der Waals surface area (Å²) in [5.41, 5.74) is 0.934. The number of rotatable bonds is 6. The van der Waals surface area contributed by atoms with Gasteiger partial charge in [-0.2, -0.15) is 0 Å². The molecule has 1 aromatic rings. The molecule has 1 rings (SSSR count). The summed E-state index contributed by atoms with van der Waals surface area (Å²) in [4.78, 5) is 16.1. The van der Waals surface area contributed by atoms with Gasteiger partial charge >= 0.3 is 0 Å². The van der Waals surface area contributed by atoms with Gasteiger partial charge in [-0.05, 0) is 24.6 Å². The standard InChI is InChI=1S/C12H18N2O3/c1-9(8-17-13)14-12(15)7-10-3-5-11(16-2)6-4-10/h3-6,9H,7-8,13H2,1-2H3,(H,14,15). The number of methoxy groups -OCH3 is 1. The largest absolute Gasteiger partial charge is 0.497 e. The predicted molar refractivity (Wildman–Crippen MR) is 64.4 cm³/mol. The zero-order valence-corrected chi connectivity index (χ0v) is 10.1. The Balaban J connectivity index is 2.44. The summed E-state index contributed by atoms with van der Waals surface area (Å²) >= 11 is 0. The Morgan fingerprint density at radius 3 is 2.59 bits per heavy atom. The first kappa shape index (κ1) is 13.5. The summed E-state index contributed by atoms with van der Waals surface area (Å²) in [6.45, 7) is 2.13. The first-order chi connectivity index (χ1) is 8.15. The molecule has 0 heterocycles. The van der Waals surface area contributed by atoms with E-state index < -0.39 is 0 Å². The molecule has 0 radical (unpaired) electrons. The zero-order chi connectivity index (χ0) is 12.7. The van der Waals surface area contributed by atoms with Crippen LogP contribution in [0.5, 0.6) is 5.75 Å². The Labute approximate surface area is 101 Å². The summed E-state index contributed by atoms with van der Waals surface area (Å²) in [6, 6.07) is 7.29. The highest BCUT2D eigenvalue weighted by atomic mass is 16.6. The van der Waals surface area contributed by atoms with Crippen molar-refractivity contribution in [1.82, 2.24) is 5.32 Å². The van der Waals surface area contributed by atoms with Gasteiger partial charge in [0.25, 0.3) is 0 Å². The Morgan fingerprint density at radius 1 is 1.41 bits per heavy atom. The number of carbonyl (C=O) groups excluding carboxylic acids is 1. The van der Waals surface area contributed by atoms with Gasteiger partial charge in [-0.15, -0.1) is 0 Å². The lowest BCUT2D eigenvalue weighted by Gasteiger charge is -2.12. The van der Waals surface area contributed by atoms with Gasteiger partial charge in [0.05, 0.1) is 26.2 Å². The van der Waals surface area contributed by atoms with Crippen molar-refractivity contribution < 1.29 is 14.4 Å². The maximum absolute atomic E-state index is 11.6. The average Bonchev–Trinajstić information content (AvgIpc) is 2.30. The number of amides is 1. The highest BCUT2D eigenvalue weighted by Gasteiger charge is 2.07. The lowest BCUT2D eigenvalue weighted by molar-refractivity contribution is -0.121. The normalized spacial score (nSPS) is 11.9. The van der Waals surface area contributed by atoms with Crippen LogP contribution in [0.4, 0.5) is 0 Å². The van der Waals surface area contributed by atoms with Gasteiger partial charge in [-0.1, -0.05) is 12.1 Å². The van der Waals surface area contributed by atoms with Crippen molar-refractivity contribution in [3.05, 3.63) is 29.8 Å². The monoisotopic (exact) mass is 238 g/mol. The number of hydrogen-bond acceptors (Lipinski definition) is 4. The molecule has 0 fully saturated rings. The molecule has 0 aliphatic heterocycles. The summed E-state index contributed by atoms with van der Waals surface area (Å²) in [5, 5.41) is 2.78. The molecule has 5 nitrogen and oxygen atoms in total. The molecule has 1 amide bonds. The zero-order valence-electron chi connectivity index (χ0n) is 10.1. The molecule has 94 valence electrons. The summed E-state index contributed by atoms with van der Waals surface area (Å²) < 4.78 is 5.04. The molecule has 0 bridgehead atoms. The topological polar surface area (TPSA) is 73.6 Å². The fourth-order valence-corrected chi connectivity index (χ4v) is 1.44. The molecular weight excluding hydrogens is 220 g/mol. The molecule has 0 saturated heterocycles. The second-order valence-corrected chi connectivity index (χ2v) is 3.83. The molecule has 1 aromatic carbocycles. The summed E-state index contributed by atoms with van der Waals surface area (Å²) in [7, 11) is 1.61. The van der Waals surface area contributed by atoms with Gasteiger partial charge in [0.2, 0.25) is 5.91 Å². The molecule has 0 spiro atoms. The van der Waals surface area contributed by atoms with Crippen molar-refractivity contribution in [3.63, 3.8) is 0 Å². The van der Waals surface area contributed by atoms with E-state index in [9.17, 15) is 4.79 Å². The smallest absolute Gasteiger partial charge is 0.224 e. The Bertz CT molecular complexity index is 351. The Morgan fingerprint density at radius 2 is 2.06 bits per heavy atom. The molecule has 0 aliphatic rings. The second-order valence-electron chi connectivity index (χ2n) is 3.83. The van der Waals surface area contributed by atoms with Crippen molar-refractivity contribution in [2.75, 3.05) is 13.7 Å². The van der Waals surface area contributed by atoms with E-state index in [4.69, 9.17) is 10.6 Å². The van der Waals surface area contributed by atoms with Gasteiger partial charge in [0, 0.05) is 0 Å². The maximum Gasteiger partial charge on any atom is 0.224 e. The van der Waals surface area contributed by atoms with Gasteiger partial charge < -0.3 is 14.9 Å². The van der Waals surface area contributed by atoms with Crippen molar-refractivity contribution in [1.29, 1.82) is 0 Å². The van der Waals surface area contributed by atoms with Crippen LogP contribution in [0.15, 0.2) is 24.3 Å². The lowest BCUT2D eigenvalue weighted by atomic mass is 10.1. The van der Waals surface area contributed by atoms with Crippen molar-refractivity contribution in [3.8, 4) is 5.75 Å². The number of hydrogen-bond donors (Lipinski definition) is 2. The number of nitrogens with one attached hydrogen (secondary N) is 1.